The molecule has 2 amide bonds. The van der Waals surface area contributed by atoms with E-state index in [2.05, 4.69) is 20.5 Å². The first kappa shape index (κ1) is 42.0. The SMILES string of the molecule is CC(C)(c1ncc(-c2ccc(F)cc2)o1)N1CCN(C[C@@H](O)C[C@@H](Cc2nnc(-c3ccccc3)o2)C(=O)NC2=C(O)COc3ccccc32)[C@H](C(=O)NCC(F)(F)F)C1. The standard InChI is InChI=1S/C42H43F4N7O7/c1-41(2,40-47-20-34(59-40)25-12-14-28(43)15-13-25)53-17-16-52(31(22-53)38(57)48-24-42(44,45)46)21-29(54)18-27(19-35-50-51-39(60-35)26-8-4-3-5-9-26)37(56)49-36-30-10-6-7-11-33(30)58-23-32(36)55/h3-15,20,27,29,31,54-55H,16-19,21-24H2,1-2H3,(H,48,57)(H,49,56)/t27-,29-,31-/m0/s1. The van der Waals surface area contributed by atoms with Crippen molar-refractivity contribution in [3.05, 3.63) is 114 Å². The average molecular weight is 834 g/mol. The van der Waals surface area contributed by atoms with Crippen LogP contribution in [0.5, 0.6) is 5.75 Å². The van der Waals surface area contributed by atoms with Crippen LogP contribution in [0, 0.1) is 11.7 Å². The van der Waals surface area contributed by atoms with Gasteiger partial charge in [-0.05, 0) is 68.8 Å². The van der Waals surface area contributed by atoms with Crippen LogP contribution < -0.4 is 15.4 Å². The quantitative estimate of drug-likeness (QED) is 0.104. The fourth-order valence-corrected chi connectivity index (χ4v) is 7.28. The summed E-state index contributed by atoms with van der Waals surface area (Å²) in [7, 11) is 0. The molecule has 4 N–H and O–H groups in total. The average Bonchev–Trinajstić information content (AvgIpc) is 3.93. The zero-order chi connectivity index (χ0) is 42.6. The first-order chi connectivity index (χ1) is 28.6. The number of oxazole rings is 1. The molecule has 316 valence electrons. The molecule has 0 spiro atoms. The van der Waals surface area contributed by atoms with Crippen LogP contribution in [0.2, 0.25) is 0 Å². The smallest absolute Gasteiger partial charge is 0.405 e. The van der Waals surface area contributed by atoms with Gasteiger partial charge in [0.25, 0.3) is 0 Å². The second-order valence-corrected chi connectivity index (χ2v) is 15.1. The molecule has 7 rings (SSSR count). The number of benzene rings is 3. The number of fused-ring (bicyclic) bond motifs is 1. The van der Waals surface area contributed by atoms with Gasteiger partial charge in [0.2, 0.25) is 29.5 Å². The third-order valence-corrected chi connectivity index (χ3v) is 10.5. The van der Waals surface area contributed by atoms with Crippen LogP contribution in [-0.4, -0.2) is 105 Å². The second kappa shape index (κ2) is 17.6. The second-order valence-electron chi connectivity index (χ2n) is 15.1. The summed E-state index contributed by atoms with van der Waals surface area (Å²) in [5.41, 5.74) is 0.860. The molecule has 1 saturated heterocycles. The van der Waals surface area contributed by atoms with Crippen LogP contribution >= 0.6 is 0 Å². The number of para-hydroxylation sites is 1. The third-order valence-electron chi connectivity index (χ3n) is 10.5. The Kier molecular flexibility index (Phi) is 12.3. The number of rotatable bonds is 14. The summed E-state index contributed by atoms with van der Waals surface area (Å²) in [4.78, 5) is 35.5. The predicted octanol–water partition coefficient (Wildman–Crippen LogP) is 5.48. The van der Waals surface area contributed by atoms with Crippen LogP contribution in [-0.2, 0) is 21.5 Å². The number of carbonyl (C=O) groups excluding carboxylic acids is 2. The van der Waals surface area contributed by atoms with Gasteiger partial charge < -0.3 is 34.4 Å². The number of nitrogens with one attached hydrogen (secondary N) is 2. The number of aliphatic hydroxyl groups is 2. The molecule has 0 aliphatic carbocycles. The molecule has 0 radical (unpaired) electrons. The molecule has 2 aliphatic heterocycles. The lowest BCUT2D eigenvalue weighted by Crippen LogP contribution is -2.63. The molecule has 4 heterocycles. The van der Waals surface area contributed by atoms with Gasteiger partial charge in [0, 0.05) is 55.2 Å². The summed E-state index contributed by atoms with van der Waals surface area (Å²) in [5, 5.41) is 35.4. The molecule has 0 unspecified atom stereocenters. The van der Waals surface area contributed by atoms with Crippen molar-refractivity contribution in [2.45, 2.75) is 50.6 Å². The van der Waals surface area contributed by atoms with Crippen molar-refractivity contribution in [3.63, 3.8) is 0 Å². The van der Waals surface area contributed by atoms with Crippen molar-refractivity contribution in [3.8, 4) is 28.5 Å². The van der Waals surface area contributed by atoms with Crippen molar-refractivity contribution in [2.24, 2.45) is 5.92 Å². The predicted molar refractivity (Wildman–Crippen MR) is 208 cm³/mol. The minimum Gasteiger partial charge on any atom is -0.507 e. The van der Waals surface area contributed by atoms with Gasteiger partial charge >= 0.3 is 6.18 Å². The van der Waals surface area contributed by atoms with E-state index < -0.39 is 54.0 Å². The molecular weight excluding hydrogens is 790 g/mol. The highest BCUT2D eigenvalue weighted by Crippen LogP contribution is 2.34. The summed E-state index contributed by atoms with van der Waals surface area (Å²) in [6, 6.07) is 20.3. The Bertz CT molecular complexity index is 2310. The van der Waals surface area contributed by atoms with Crippen LogP contribution in [0.1, 0.15) is 37.6 Å². The number of ether oxygens (including phenoxy) is 1. The van der Waals surface area contributed by atoms with Crippen molar-refractivity contribution in [1.29, 1.82) is 0 Å². The van der Waals surface area contributed by atoms with E-state index in [1.54, 1.807) is 79.4 Å². The van der Waals surface area contributed by atoms with Crippen LogP contribution in [0.25, 0.3) is 28.5 Å². The number of aromatic nitrogens is 3. The van der Waals surface area contributed by atoms with Crippen molar-refractivity contribution >= 4 is 17.5 Å². The Balaban J connectivity index is 1.10. The highest BCUT2D eigenvalue weighted by molar-refractivity contribution is 5.90. The van der Waals surface area contributed by atoms with Gasteiger partial charge in [-0.1, -0.05) is 30.3 Å². The summed E-state index contributed by atoms with van der Waals surface area (Å²) in [6.45, 7) is 2.02. The number of alkyl halides is 3. The number of amides is 2. The molecule has 18 heteroatoms. The molecule has 1 fully saturated rings. The summed E-state index contributed by atoms with van der Waals surface area (Å²) >= 11 is 0. The van der Waals surface area contributed by atoms with Gasteiger partial charge in [-0.15, -0.1) is 10.2 Å². The van der Waals surface area contributed by atoms with Gasteiger partial charge in [-0.25, -0.2) is 9.37 Å². The first-order valence-electron chi connectivity index (χ1n) is 19.2. The number of hydrogen-bond donors (Lipinski definition) is 4. The minimum atomic E-state index is -4.67. The van der Waals surface area contributed by atoms with Gasteiger partial charge in [-0.2, -0.15) is 13.2 Å². The number of nitrogens with zero attached hydrogens (tertiary/aromatic N) is 5. The number of hydrogen-bond acceptors (Lipinski definition) is 12. The molecule has 0 saturated carbocycles. The van der Waals surface area contributed by atoms with Crippen molar-refractivity contribution < 1.29 is 50.9 Å². The molecule has 14 nitrogen and oxygen atoms in total. The lowest BCUT2D eigenvalue weighted by atomic mass is 9.94. The van der Waals surface area contributed by atoms with Gasteiger partial charge in [0.15, 0.2) is 11.5 Å². The maximum atomic E-state index is 14.1. The molecule has 2 aliphatic rings. The fraction of sp³-hybridized carbons (Fsp3) is 0.357. The summed E-state index contributed by atoms with van der Waals surface area (Å²) in [5.74, 6) is -1.76. The molecular formula is C42H43F4N7O7. The van der Waals surface area contributed by atoms with E-state index in [9.17, 15) is 37.4 Å². The monoisotopic (exact) mass is 833 g/mol. The van der Waals surface area contributed by atoms with Crippen molar-refractivity contribution in [2.75, 3.05) is 39.3 Å². The maximum Gasteiger partial charge on any atom is 0.405 e. The van der Waals surface area contributed by atoms with E-state index in [4.69, 9.17) is 13.6 Å². The molecule has 60 heavy (non-hydrogen) atoms. The topological polar surface area (TPSA) is 179 Å². The molecule has 3 atom stereocenters. The molecule has 2 aromatic heterocycles. The van der Waals surface area contributed by atoms with E-state index in [1.807, 2.05) is 16.3 Å². The van der Waals surface area contributed by atoms with Gasteiger partial charge in [-0.3, -0.25) is 19.4 Å². The zero-order valence-electron chi connectivity index (χ0n) is 32.7. The third kappa shape index (κ3) is 9.84. The van der Waals surface area contributed by atoms with E-state index in [0.29, 0.717) is 34.7 Å². The Hall–Kier alpha value is -6.11. The van der Waals surface area contributed by atoms with Crippen LogP contribution in [0.4, 0.5) is 17.6 Å². The Morgan fingerprint density at radius 1 is 0.950 bits per heavy atom. The van der Waals surface area contributed by atoms with E-state index in [-0.39, 0.29) is 68.2 Å². The van der Waals surface area contributed by atoms with Crippen molar-refractivity contribution in [1.82, 2.24) is 35.6 Å². The minimum absolute atomic E-state index is 0.0687. The lowest BCUT2D eigenvalue weighted by molar-refractivity contribution is -0.144. The Morgan fingerprint density at radius 2 is 1.68 bits per heavy atom. The summed E-state index contributed by atoms with van der Waals surface area (Å²) < 4.78 is 71.0. The first-order valence-corrected chi connectivity index (χ1v) is 19.2. The highest BCUT2D eigenvalue weighted by Gasteiger charge is 2.43. The number of β-amino-alcohol motifs (C(OH)–C–C–N with tert-alkyl or cyclic N) is 1. The molecule has 3 aromatic carbocycles. The number of carbonyl (C=O) groups is 2. The van der Waals surface area contributed by atoms with E-state index in [0.717, 1.165) is 0 Å². The maximum absolute atomic E-state index is 14.1. The van der Waals surface area contributed by atoms with E-state index in [1.165, 1.54) is 18.3 Å². The van der Waals surface area contributed by atoms with Gasteiger partial charge in [0.05, 0.1) is 23.5 Å². The van der Waals surface area contributed by atoms with Gasteiger partial charge in [0.1, 0.15) is 30.8 Å². The Labute approximate surface area is 341 Å². The Morgan fingerprint density at radius 3 is 2.43 bits per heavy atom. The highest BCUT2D eigenvalue weighted by atomic mass is 19.4. The number of aliphatic hydroxyl groups excluding tert-OH is 2. The molecule has 5 aromatic rings. The fourth-order valence-electron chi connectivity index (χ4n) is 7.28. The van der Waals surface area contributed by atoms with E-state index >= 15 is 0 Å². The van der Waals surface area contributed by atoms with Crippen LogP contribution in [0.15, 0.2) is 99.7 Å². The van der Waals surface area contributed by atoms with Crippen LogP contribution in [0.3, 0.4) is 0 Å². The molecule has 0 bridgehead atoms. The normalized spacial score (nSPS) is 17.4. The largest absolute Gasteiger partial charge is 0.507 e. The zero-order valence-corrected chi connectivity index (χ0v) is 32.7. The number of halogens is 4. The number of piperazine rings is 1. The summed E-state index contributed by atoms with van der Waals surface area (Å²) in [6.07, 6.45) is -4.79. The lowest BCUT2D eigenvalue weighted by Gasteiger charge is -2.46.